The molecule has 0 spiro atoms. The van der Waals surface area contributed by atoms with Crippen LogP contribution in [-0.4, -0.2) is 22.0 Å². The van der Waals surface area contributed by atoms with E-state index in [2.05, 4.69) is 10.3 Å². The number of carbonyl (C=O) groups excluding carboxylic acids is 1. The third-order valence-corrected chi connectivity index (χ3v) is 3.78. The smallest absolute Gasteiger partial charge is 0.306 e. The molecule has 0 bridgehead atoms. The second-order valence-electron chi connectivity index (χ2n) is 5.39. The highest BCUT2D eigenvalue weighted by Crippen LogP contribution is 2.29. The highest BCUT2D eigenvalue weighted by Gasteiger charge is 2.30. The average molecular weight is 276 g/mol. The van der Waals surface area contributed by atoms with Crippen molar-refractivity contribution in [2.75, 3.05) is 0 Å². The Kier molecular flexibility index (Phi) is 4.71. The van der Waals surface area contributed by atoms with Gasteiger partial charge in [-0.05, 0) is 38.3 Å². The number of pyridine rings is 1. The zero-order chi connectivity index (χ0) is 14.5. The molecule has 1 heterocycles. The third kappa shape index (κ3) is 3.79. The van der Waals surface area contributed by atoms with E-state index in [-0.39, 0.29) is 17.7 Å². The van der Waals surface area contributed by atoms with E-state index in [1.165, 1.54) is 0 Å². The molecule has 1 amide bonds. The van der Waals surface area contributed by atoms with Gasteiger partial charge in [0.1, 0.15) is 0 Å². The lowest BCUT2D eigenvalue weighted by molar-refractivity contribution is -0.144. The van der Waals surface area contributed by atoms with Gasteiger partial charge in [-0.25, -0.2) is 0 Å². The first-order valence-corrected chi connectivity index (χ1v) is 6.99. The molecule has 2 unspecified atom stereocenters. The number of nitrogens with zero attached hydrogens (tertiary/aromatic N) is 1. The summed E-state index contributed by atoms with van der Waals surface area (Å²) >= 11 is 0. The van der Waals surface area contributed by atoms with Crippen molar-refractivity contribution in [3.8, 4) is 0 Å². The van der Waals surface area contributed by atoms with Crippen LogP contribution in [-0.2, 0) is 16.1 Å². The highest BCUT2D eigenvalue weighted by molar-refractivity contribution is 5.80. The average Bonchev–Trinajstić information content (AvgIpc) is 2.45. The van der Waals surface area contributed by atoms with Crippen molar-refractivity contribution in [3.05, 3.63) is 29.6 Å². The second kappa shape index (κ2) is 6.50. The molecule has 20 heavy (non-hydrogen) atoms. The number of carboxylic acid groups (broad SMARTS) is 1. The predicted octanol–water partition coefficient (Wildman–Crippen LogP) is 1.90. The van der Waals surface area contributed by atoms with Crippen LogP contribution >= 0.6 is 0 Å². The van der Waals surface area contributed by atoms with Gasteiger partial charge in [0, 0.05) is 11.6 Å². The molecule has 1 fully saturated rings. The van der Waals surface area contributed by atoms with Gasteiger partial charge in [0.15, 0.2) is 0 Å². The summed E-state index contributed by atoms with van der Waals surface area (Å²) in [7, 11) is 0. The first-order valence-electron chi connectivity index (χ1n) is 6.99. The number of carbonyl (C=O) groups is 2. The van der Waals surface area contributed by atoms with E-state index in [4.69, 9.17) is 5.11 Å². The van der Waals surface area contributed by atoms with Crippen molar-refractivity contribution in [2.45, 2.75) is 39.2 Å². The van der Waals surface area contributed by atoms with Gasteiger partial charge in [-0.1, -0.05) is 12.5 Å². The molecule has 1 aliphatic carbocycles. The molecule has 1 aromatic rings. The molecular weight excluding hydrogens is 256 g/mol. The molecule has 0 radical (unpaired) electrons. The minimum Gasteiger partial charge on any atom is -0.481 e. The normalized spacial score (nSPS) is 22.2. The topological polar surface area (TPSA) is 79.3 Å². The van der Waals surface area contributed by atoms with Gasteiger partial charge < -0.3 is 10.4 Å². The first kappa shape index (κ1) is 14.5. The molecule has 2 atom stereocenters. The molecule has 2 rings (SSSR count). The number of aliphatic carboxylic acids is 1. The third-order valence-electron chi connectivity index (χ3n) is 3.78. The SMILES string of the molecule is Cc1cccc(CNC(=O)C2CCCC(C(=O)O)C2)n1. The molecular formula is C15H20N2O3. The molecule has 0 saturated heterocycles. The minimum absolute atomic E-state index is 0.0562. The number of aromatic nitrogens is 1. The van der Waals surface area contributed by atoms with Crippen molar-refractivity contribution < 1.29 is 14.7 Å². The van der Waals surface area contributed by atoms with Gasteiger partial charge in [-0.15, -0.1) is 0 Å². The molecule has 1 aliphatic rings. The zero-order valence-corrected chi connectivity index (χ0v) is 11.6. The van der Waals surface area contributed by atoms with Crippen molar-refractivity contribution in [1.82, 2.24) is 10.3 Å². The van der Waals surface area contributed by atoms with Gasteiger partial charge in [0.2, 0.25) is 5.91 Å². The zero-order valence-electron chi connectivity index (χ0n) is 11.6. The fraction of sp³-hybridized carbons (Fsp3) is 0.533. The number of amides is 1. The Bertz CT molecular complexity index is 502. The molecule has 5 nitrogen and oxygen atoms in total. The quantitative estimate of drug-likeness (QED) is 0.880. The summed E-state index contributed by atoms with van der Waals surface area (Å²) in [5, 5.41) is 11.9. The van der Waals surface area contributed by atoms with Crippen LogP contribution < -0.4 is 5.32 Å². The van der Waals surface area contributed by atoms with Gasteiger partial charge in [-0.3, -0.25) is 14.6 Å². The van der Waals surface area contributed by atoms with Crippen LogP contribution in [0.15, 0.2) is 18.2 Å². The van der Waals surface area contributed by atoms with E-state index >= 15 is 0 Å². The van der Waals surface area contributed by atoms with Crippen LogP contribution in [0.4, 0.5) is 0 Å². The van der Waals surface area contributed by atoms with Crippen molar-refractivity contribution in [1.29, 1.82) is 0 Å². The lowest BCUT2D eigenvalue weighted by Crippen LogP contribution is -2.35. The van der Waals surface area contributed by atoms with Gasteiger partial charge in [0.05, 0.1) is 18.2 Å². The molecule has 5 heteroatoms. The Morgan fingerprint density at radius 3 is 2.80 bits per heavy atom. The van der Waals surface area contributed by atoms with Crippen LogP contribution in [0.2, 0.25) is 0 Å². The number of nitrogens with one attached hydrogen (secondary N) is 1. The van der Waals surface area contributed by atoms with Crippen molar-refractivity contribution in [3.63, 3.8) is 0 Å². The van der Waals surface area contributed by atoms with Crippen LogP contribution in [0.5, 0.6) is 0 Å². The number of carboxylic acids is 1. The van der Waals surface area contributed by atoms with E-state index in [1.807, 2.05) is 25.1 Å². The largest absolute Gasteiger partial charge is 0.481 e. The number of aryl methyl sites for hydroxylation is 1. The number of hydrogen-bond donors (Lipinski definition) is 2. The molecule has 2 N–H and O–H groups in total. The Balaban J connectivity index is 1.87. The first-order chi connectivity index (χ1) is 9.56. The van der Waals surface area contributed by atoms with Crippen LogP contribution in [0.25, 0.3) is 0 Å². The summed E-state index contributed by atoms with van der Waals surface area (Å²) in [4.78, 5) is 27.4. The summed E-state index contributed by atoms with van der Waals surface area (Å²) in [6.07, 6.45) is 2.70. The Hall–Kier alpha value is -1.91. The lowest BCUT2D eigenvalue weighted by atomic mass is 9.81. The summed E-state index contributed by atoms with van der Waals surface area (Å²) in [5.74, 6) is -1.41. The van der Waals surface area contributed by atoms with E-state index in [0.29, 0.717) is 19.4 Å². The summed E-state index contributed by atoms with van der Waals surface area (Å²) < 4.78 is 0. The van der Waals surface area contributed by atoms with Gasteiger partial charge in [0.25, 0.3) is 0 Å². The summed E-state index contributed by atoms with van der Waals surface area (Å²) in [6, 6.07) is 5.68. The minimum atomic E-state index is -0.789. The van der Waals surface area contributed by atoms with Crippen LogP contribution in [0, 0.1) is 18.8 Å². The standard InChI is InChI=1S/C15H20N2O3/c1-10-4-2-7-13(17-10)9-16-14(18)11-5-3-6-12(8-11)15(19)20/h2,4,7,11-12H,3,5-6,8-9H2,1H3,(H,16,18)(H,19,20). The second-order valence-corrected chi connectivity index (χ2v) is 5.39. The fourth-order valence-corrected chi connectivity index (χ4v) is 2.67. The summed E-state index contributed by atoms with van der Waals surface area (Å²) in [6.45, 7) is 2.30. The highest BCUT2D eigenvalue weighted by atomic mass is 16.4. The number of rotatable bonds is 4. The number of hydrogen-bond acceptors (Lipinski definition) is 3. The van der Waals surface area contributed by atoms with E-state index in [0.717, 1.165) is 24.2 Å². The van der Waals surface area contributed by atoms with Crippen LogP contribution in [0.3, 0.4) is 0 Å². The fourth-order valence-electron chi connectivity index (χ4n) is 2.67. The lowest BCUT2D eigenvalue weighted by Gasteiger charge is -2.25. The van der Waals surface area contributed by atoms with Crippen molar-refractivity contribution in [2.24, 2.45) is 11.8 Å². The summed E-state index contributed by atoms with van der Waals surface area (Å²) in [5.41, 5.74) is 1.74. The van der Waals surface area contributed by atoms with E-state index in [1.54, 1.807) is 0 Å². The Morgan fingerprint density at radius 2 is 2.10 bits per heavy atom. The molecule has 1 saturated carbocycles. The maximum Gasteiger partial charge on any atom is 0.306 e. The van der Waals surface area contributed by atoms with Crippen molar-refractivity contribution >= 4 is 11.9 Å². The van der Waals surface area contributed by atoms with Gasteiger partial charge in [-0.2, -0.15) is 0 Å². The molecule has 108 valence electrons. The molecule has 0 aliphatic heterocycles. The Morgan fingerprint density at radius 1 is 1.35 bits per heavy atom. The molecule has 0 aromatic carbocycles. The molecule has 1 aromatic heterocycles. The van der Waals surface area contributed by atoms with Crippen LogP contribution in [0.1, 0.15) is 37.1 Å². The van der Waals surface area contributed by atoms with Gasteiger partial charge >= 0.3 is 5.97 Å². The van der Waals surface area contributed by atoms with E-state index in [9.17, 15) is 9.59 Å². The Labute approximate surface area is 118 Å². The maximum atomic E-state index is 12.1. The predicted molar refractivity (Wildman–Crippen MR) is 73.9 cm³/mol. The maximum absolute atomic E-state index is 12.1. The van der Waals surface area contributed by atoms with E-state index < -0.39 is 5.97 Å². The monoisotopic (exact) mass is 276 g/mol.